The molecule has 0 amide bonds. The Hall–Kier alpha value is -1.99. The zero-order chi connectivity index (χ0) is 14.4. The lowest BCUT2D eigenvalue weighted by Crippen LogP contribution is -2.18. The fourth-order valence-electron chi connectivity index (χ4n) is 1.49. The highest BCUT2D eigenvalue weighted by Crippen LogP contribution is 2.33. The number of hydrogen-bond acceptors (Lipinski definition) is 2. The Labute approximate surface area is 101 Å². The smallest absolute Gasteiger partial charge is 0.422 e. The van der Waals surface area contributed by atoms with Gasteiger partial charge in [-0.2, -0.15) is 26.3 Å². The minimum Gasteiger partial charge on any atom is -0.422 e. The van der Waals surface area contributed by atoms with Crippen molar-refractivity contribution in [1.29, 1.82) is 0 Å². The van der Waals surface area contributed by atoms with Crippen molar-refractivity contribution in [2.45, 2.75) is 12.4 Å². The van der Waals surface area contributed by atoms with Crippen LogP contribution in [0.5, 0.6) is 0 Å². The van der Waals surface area contributed by atoms with E-state index in [0.29, 0.717) is 18.2 Å². The average molecular weight is 282 g/mol. The van der Waals surface area contributed by atoms with Crippen LogP contribution in [-0.2, 0) is 12.4 Å². The van der Waals surface area contributed by atoms with Gasteiger partial charge in [-0.15, -0.1) is 0 Å². The monoisotopic (exact) mass is 282 g/mol. The third kappa shape index (κ3) is 2.56. The molecule has 1 aromatic heterocycles. The van der Waals surface area contributed by atoms with Crippen LogP contribution in [0.3, 0.4) is 0 Å². The molecule has 19 heavy (non-hydrogen) atoms. The maximum Gasteiger partial charge on any atom is 0.423 e. The molecule has 0 spiro atoms. The van der Waals surface area contributed by atoms with Crippen LogP contribution in [0, 0.1) is 0 Å². The van der Waals surface area contributed by atoms with Gasteiger partial charge in [-0.1, -0.05) is 6.07 Å². The van der Waals surface area contributed by atoms with Crippen LogP contribution in [-0.4, -0.2) is 0 Å². The van der Waals surface area contributed by atoms with E-state index in [1.807, 2.05) is 0 Å². The molecular formula is C11H4F6O2. The maximum absolute atomic E-state index is 12.4. The van der Waals surface area contributed by atoms with Gasteiger partial charge in [-0.3, -0.25) is 0 Å². The Morgan fingerprint density at radius 2 is 1.53 bits per heavy atom. The fourth-order valence-corrected chi connectivity index (χ4v) is 1.49. The zero-order valence-electron chi connectivity index (χ0n) is 8.89. The summed E-state index contributed by atoms with van der Waals surface area (Å²) in [6, 6.07) is 2.37. The van der Waals surface area contributed by atoms with Gasteiger partial charge in [0.15, 0.2) is 0 Å². The molecule has 0 radical (unpaired) electrons. The first-order chi connectivity index (χ1) is 8.59. The molecule has 0 unspecified atom stereocenters. The van der Waals surface area contributed by atoms with Crippen LogP contribution in [0.2, 0.25) is 0 Å². The molecule has 0 saturated carbocycles. The summed E-state index contributed by atoms with van der Waals surface area (Å²) < 4.78 is 78.7. The SMILES string of the molecule is O=c1oc2cc(C(F)(F)F)ccc2cc1C(F)(F)F. The number of rotatable bonds is 0. The van der Waals surface area contributed by atoms with Crippen molar-refractivity contribution < 1.29 is 30.8 Å². The molecule has 1 heterocycles. The lowest BCUT2D eigenvalue weighted by atomic mass is 10.1. The molecule has 0 bridgehead atoms. The minimum absolute atomic E-state index is 0.236. The van der Waals surface area contributed by atoms with Gasteiger partial charge in [0.05, 0.1) is 5.56 Å². The maximum atomic E-state index is 12.4. The van der Waals surface area contributed by atoms with Crippen molar-refractivity contribution in [2.75, 3.05) is 0 Å². The Balaban J connectivity index is 2.69. The summed E-state index contributed by atoms with van der Waals surface area (Å²) in [5.74, 6) is 0. The van der Waals surface area contributed by atoms with Crippen LogP contribution in [0.1, 0.15) is 11.1 Å². The molecule has 8 heteroatoms. The highest BCUT2D eigenvalue weighted by atomic mass is 19.4. The predicted molar refractivity (Wildman–Crippen MR) is 52.5 cm³/mol. The van der Waals surface area contributed by atoms with Crippen molar-refractivity contribution in [1.82, 2.24) is 0 Å². The number of fused-ring (bicyclic) bond motifs is 1. The van der Waals surface area contributed by atoms with E-state index in [9.17, 15) is 31.1 Å². The summed E-state index contributed by atoms with van der Waals surface area (Å²) >= 11 is 0. The molecule has 0 aliphatic carbocycles. The number of hydrogen-bond donors (Lipinski definition) is 0. The standard InChI is InChI=1S/C11H4F6O2/c12-10(13,14)6-2-1-5-3-7(11(15,16)17)9(18)19-8(5)4-6/h1-4H. The van der Waals surface area contributed by atoms with E-state index in [4.69, 9.17) is 0 Å². The second-order valence-electron chi connectivity index (χ2n) is 3.70. The number of benzene rings is 1. The van der Waals surface area contributed by atoms with Crippen LogP contribution in [0.15, 0.2) is 33.5 Å². The molecule has 0 aliphatic rings. The topological polar surface area (TPSA) is 30.2 Å². The fraction of sp³-hybridized carbons (Fsp3) is 0.182. The van der Waals surface area contributed by atoms with Crippen molar-refractivity contribution in [3.63, 3.8) is 0 Å². The van der Waals surface area contributed by atoms with Crippen LogP contribution >= 0.6 is 0 Å². The molecular weight excluding hydrogens is 278 g/mol. The lowest BCUT2D eigenvalue weighted by Gasteiger charge is -2.08. The van der Waals surface area contributed by atoms with E-state index in [-0.39, 0.29) is 5.39 Å². The van der Waals surface area contributed by atoms with Crippen LogP contribution in [0.4, 0.5) is 26.3 Å². The molecule has 0 atom stereocenters. The highest BCUT2D eigenvalue weighted by Gasteiger charge is 2.36. The third-order valence-electron chi connectivity index (χ3n) is 2.37. The van der Waals surface area contributed by atoms with Gasteiger partial charge >= 0.3 is 18.0 Å². The molecule has 0 saturated heterocycles. The largest absolute Gasteiger partial charge is 0.423 e. The molecule has 102 valence electrons. The van der Waals surface area contributed by atoms with Gasteiger partial charge in [0.25, 0.3) is 0 Å². The Bertz CT molecular complexity index is 680. The summed E-state index contributed by atoms with van der Waals surface area (Å²) in [6.07, 6.45) is -9.59. The van der Waals surface area contributed by atoms with E-state index in [0.717, 1.165) is 6.07 Å². The number of alkyl halides is 6. The van der Waals surface area contributed by atoms with E-state index in [1.54, 1.807) is 0 Å². The van der Waals surface area contributed by atoms with Gasteiger partial charge in [0.1, 0.15) is 11.1 Å². The van der Waals surface area contributed by atoms with Crippen molar-refractivity contribution >= 4 is 11.0 Å². The Morgan fingerprint density at radius 1 is 0.895 bits per heavy atom. The van der Waals surface area contributed by atoms with E-state index < -0.39 is 34.7 Å². The van der Waals surface area contributed by atoms with Gasteiger partial charge in [0.2, 0.25) is 0 Å². The summed E-state index contributed by atoms with van der Waals surface area (Å²) in [7, 11) is 0. The molecule has 0 N–H and O–H groups in total. The van der Waals surface area contributed by atoms with Gasteiger partial charge in [-0.25, -0.2) is 4.79 Å². The second kappa shape index (κ2) is 4.01. The minimum atomic E-state index is -4.92. The molecule has 2 aromatic rings. The van der Waals surface area contributed by atoms with E-state index in [2.05, 4.69) is 4.42 Å². The van der Waals surface area contributed by atoms with Gasteiger partial charge < -0.3 is 4.42 Å². The van der Waals surface area contributed by atoms with Gasteiger partial charge in [0, 0.05) is 5.39 Å². The number of halogens is 6. The van der Waals surface area contributed by atoms with Crippen molar-refractivity contribution in [2.24, 2.45) is 0 Å². The summed E-state index contributed by atoms with van der Waals surface area (Å²) in [5.41, 5.74) is -4.94. The quantitative estimate of drug-likeness (QED) is 0.543. The average Bonchev–Trinajstić information content (AvgIpc) is 2.24. The first kappa shape index (κ1) is 13.4. The molecule has 2 rings (SSSR count). The summed E-state index contributed by atoms with van der Waals surface area (Å²) in [6.45, 7) is 0. The van der Waals surface area contributed by atoms with Crippen molar-refractivity contribution in [3.05, 3.63) is 45.8 Å². The van der Waals surface area contributed by atoms with E-state index in [1.165, 1.54) is 0 Å². The lowest BCUT2D eigenvalue weighted by molar-refractivity contribution is -0.140. The Morgan fingerprint density at radius 3 is 2.05 bits per heavy atom. The first-order valence-corrected chi connectivity index (χ1v) is 4.81. The third-order valence-corrected chi connectivity index (χ3v) is 2.37. The molecule has 1 aromatic carbocycles. The van der Waals surface area contributed by atoms with E-state index >= 15 is 0 Å². The summed E-state index contributed by atoms with van der Waals surface area (Å²) in [5, 5.41) is -0.236. The second-order valence-corrected chi connectivity index (χ2v) is 3.70. The van der Waals surface area contributed by atoms with Crippen molar-refractivity contribution in [3.8, 4) is 0 Å². The zero-order valence-corrected chi connectivity index (χ0v) is 8.89. The predicted octanol–water partition coefficient (Wildman–Crippen LogP) is 3.83. The molecule has 0 fully saturated rings. The summed E-state index contributed by atoms with van der Waals surface area (Å²) in [4.78, 5) is 11.1. The normalized spacial score (nSPS) is 12.9. The Kier molecular flexibility index (Phi) is 2.83. The van der Waals surface area contributed by atoms with Gasteiger partial charge in [-0.05, 0) is 18.2 Å². The van der Waals surface area contributed by atoms with Crippen LogP contribution < -0.4 is 5.63 Å². The molecule has 2 nitrogen and oxygen atoms in total. The van der Waals surface area contributed by atoms with Crippen LogP contribution in [0.25, 0.3) is 11.0 Å². The highest BCUT2D eigenvalue weighted by molar-refractivity contribution is 5.78. The molecule has 0 aliphatic heterocycles. The first-order valence-electron chi connectivity index (χ1n) is 4.81.